The molecule has 1 aliphatic heterocycles. The Labute approximate surface area is 168 Å². The van der Waals surface area contributed by atoms with Gasteiger partial charge in [-0.2, -0.15) is 5.10 Å². The summed E-state index contributed by atoms with van der Waals surface area (Å²) in [4.78, 5) is 29.1. The van der Waals surface area contributed by atoms with Gasteiger partial charge in [-0.1, -0.05) is 6.07 Å². The van der Waals surface area contributed by atoms with Crippen LogP contribution in [-0.4, -0.2) is 25.2 Å². The van der Waals surface area contributed by atoms with E-state index in [4.69, 9.17) is 4.42 Å². The minimum absolute atomic E-state index is 0.0116. The molecular formula is C21H25N5O3. The number of amides is 1. The van der Waals surface area contributed by atoms with Gasteiger partial charge < -0.3 is 9.73 Å². The number of fused-ring (bicyclic) bond motifs is 1. The van der Waals surface area contributed by atoms with Crippen LogP contribution in [-0.2, 0) is 30.8 Å². The lowest BCUT2D eigenvalue weighted by Gasteiger charge is -2.13. The zero-order valence-electron chi connectivity index (χ0n) is 16.5. The lowest BCUT2D eigenvalue weighted by Crippen LogP contribution is -2.27. The molecule has 0 aliphatic carbocycles. The van der Waals surface area contributed by atoms with Crippen LogP contribution in [0.15, 0.2) is 45.9 Å². The summed E-state index contributed by atoms with van der Waals surface area (Å²) in [6.45, 7) is 3.30. The standard InChI is InChI=1S/C21H25N5O3/c1-15-4-6-18(29-15)13-23-20(27)11-16-5-7-19-24-26(21(28)25(19)10-8-16)14-17-3-2-9-22-12-17/h2-4,6,9,12,16H,5,7-8,10-11,13-14H2,1H3,(H,23,27). The lowest BCUT2D eigenvalue weighted by molar-refractivity contribution is -0.122. The number of nitrogens with zero attached hydrogens (tertiary/aromatic N) is 4. The molecule has 3 aromatic heterocycles. The number of aryl methyl sites for hydroxylation is 2. The van der Waals surface area contributed by atoms with Crippen LogP contribution in [0.4, 0.5) is 0 Å². The average Bonchev–Trinajstić information content (AvgIpc) is 3.19. The number of rotatable bonds is 6. The van der Waals surface area contributed by atoms with Crippen LogP contribution in [0.3, 0.4) is 0 Å². The van der Waals surface area contributed by atoms with E-state index in [1.807, 2.05) is 31.2 Å². The van der Waals surface area contributed by atoms with Crippen molar-refractivity contribution in [1.82, 2.24) is 24.6 Å². The van der Waals surface area contributed by atoms with Crippen LogP contribution in [0, 0.1) is 12.8 Å². The molecule has 1 atom stereocenters. The van der Waals surface area contributed by atoms with Crippen molar-refractivity contribution in [3.8, 4) is 0 Å². The van der Waals surface area contributed by atoms with Crippen molar-refractivity contribution in [2.75, 3.05) is 0 Å². The first-order valence-corrected chi connectivity index (χ1v) is 9.96. The Bertz CT molecular complexity index is 1030. The third-order valence-corrected chi connectivity index (χ3v) is 5.32. The van der Waals surface area contributed by atoms with E-state index in [0.717, 1.165) is 35.7 Å². The molecule has 0 saturated heterocycles. The highest BCUT2D eigenvalue weighted by Crippen LogP contribution is 2.21. The number of hydrogen-bond acceptors (Lipinski definition) is 5. The first-order valence-electron chi connectivity index (χ1n) is 9.96. The molecule has 29 heavy (non-hydrogen) atoms. The number of hydrogen-bond donors (Lipinski definition) is 1. The van der Waals surface area contributed by atoms with Gasteiger partial charge in [0.25, 0.3) is 0 Å². The number of furan rings is 1. The lowest BCUT2D eigenvalue weighted by atomic mass is 9.96. The van der Waals surface area contributed by atoms with Crippen LogP contribution in [0.2, 0.25) is 0 Å². The third-order valence-electron chi connectivity index (χ3n) is 5.32. The molecule has 0 fully saturated rings. The molecule has 3 aromatic rings. The van der Waals surface area contributed by atoms with E-state index < -0.39 is 0 Å². The summed E-state index contributed by atoms with van der Waals surface area (Å²) in [5.41, 5.74) is 0.853. The Morgan fingerprint density at radius 3 is 2.97 bits per heavy atom. The largest absolute Gasteiger partial charge is 0.465 e. The Morgan fingerprint density at radius 1 is 1.31 bits per heavy atom. The highest BCUT2D eigenvalue weighted by molar-refractivity contribution is 5.76. The molecular weight excluding hydrogens is 370 g/mol. The van der Waals surface area contributed by atoms with Crippen LogP contribution >= 0.6 is 0 Å². The Morgan fingerprint density at radius 2 is 2.21 bits per heavy atom. The summed E-state index contributed by atoms with van der Waals surface area (Å²) in [5.74, 6) is 2.64. The summed E-state index contributed by atoms with van der Waals surface area (Å²) in [5, 5.41) is 7.44. The van der Waals surface area contributed by atoms with E-state index in [1.54, 1.807) is 17.0 Å². The van der Waals surface area contributed by atoms with Gasteiger partial charge in [-0.3, -0.25) is 14.3 Å². The van der Waals surface area contributed by atoms with Crippen LogP contribution in [0.1, 0.15) is 42.2 Å². The van der Waals surface area contributed by atoms with Gasteiger partial charge in [0.2, 0.25) is 5.91 Å². The Hall–Kier alpha value is -3.16. The molecule has 0 spiro atoms. The molecule has 4 rings (SSSR count). The molecule has 8 nitrogen and oxygen atoms in total. The predicted octanol–water partition coefficient (Wildman–Crippen LogP) is 2.05. The van der Waals surface area contributed by atoms with Crippen molar-refractivity contribution in [1.29, 1.82) is 0 Å². The third kappa shape index (κ3) is 4.64. The monoisotopic (exact) mass is 395 g/mol. The van der Waals surface area contributed by atoms with E-state index in [2.05, 4.69) is 15.4 Å². The maximum atomic E-state index is 12.7. The second-order valence-electron chi connectivity index (χ2n) is 7.56. The van der Waals surface area contributed by atoms with Gasteiger partial charge >= 0.3 is 5.69 Å². The van der Waals surface area contributed by atoms with Crippen molar-refractivity contribution < 1.29 is 9.21 Å². The summed E-state index contributed by atoms with van der Waals surface area (Å²) >= 11 is 0. The quantitative estimate of drug-likeness (QED) is 0.689. The minimum atomic E-state index is -0.0952. The molecule has 1 amide bonds. The molecule has 4 heterocycles. The van der Waals surface area contributed by atoms with Crippen molar-refractivity contribution in [3.63, 3.8) is 0 Å². The van der Waals surface area contributed by atoms with Crippen LogP contribution < -0.4 is 11.0 Å². The molecule has 0 aromatic carbocycles. The first kappa shape index (κ1) is 19.2. The number of aromatic nitrogens is 4. The van der Waals surface area contributed by atoms with Gasteiger partial charge in [0, 0.05) is 31.8 Å². The topological polar surface area (TPSA) is 95.0 Å². The normalized spacial score (nSPS) is 16.2. The Kier molecular flexibility index (Phi) is 5.59. The van der Waals surface area contributed by atoms with E-state index >= 15 is 0 Å². The van der Waals surface area contributed by atoms with Crippen molar-refractivity contribution >= 4 is 5.91 Å². The minimum Gasteiger partial charge on any atom is -0.465 e. The van der Waals surface area contributed by atoms with E-state index in [0.29, 0.717) is 32.5 Å². The van der Waals surface area contributed by atoms with Gasteiger partial charge in [-0.25, -0.2) is 9.48 Å². The summed E-state index contributed by atoms with van der Waals surface area (Å²) in [7, 11) is 0. The maximum Gasteiger partial charge on any atom is 0.346 e. The fraction of sp³-hybridized carbons (Fsp3) is 0.429. The van der Waals surface area contributed by atoms with E-state index in [1.165, 1.54) is 4.68 Å². The first-order chi connectivity index (χ1) is 14.1. The molecule has 1 N–H and O–H groups in total. The number of nitrogens with one attached hydrogen (secondary N) is 1. The maximum absolute atomic E-state index is 12.7. The highest BCUT2D eigenvalue weighted by atomic mass is 16.3. The molecule has 152 valence electrons. The predicted molar refractivity (Wildman–Crippen MR) is 106 cm³/mol. The van der Waals surface area contributed by atoms with Gasteiger partial charge in [-0.05, 0) is 49.4 Å². The van der Waals surface area contributed by atoms with Crippen LogP contribution in [0.5, 0.6) is 0 Å². The van der Waals surface area contributed by atoms with Crippen molar-refractivity contribution in [2.45, 2.75) is 52.2 Å². The molecule has 0 saturated carbocycles. The summed E-state index contributed by atoms with van der Waals surface area (Å²) < 4.78 is 8.73. The van der Waals surface area contributed by atoms with Crippen LogP contribution in [0.25, 0.3) is 0 Å². The summed E-state index contributed by atoms with van der Waals surface area (Å²) in [6.07, 6.45) is 6.24. The smallest absolute Gasteiger partial charge is 0.346 e. The molecule has 0 bridgehead atoms. The Balaban J connectivity index is 1.32. The zero-order valence-corrected chi connectivity index (χ0v) is 16.5. The van der Waals surface area contributed by atoms with Gasteiger partial charge in [-0.15, -0.1) is 0 Å². The van der Waals surface area contributed by atoms with Gasteiger partial charge in [0.05, 0.1) is 13.1 Å². The zero-order chi connectivity index (χ0) is 20.2. The van der Waals surface area contributed by atoms with Gasteiger partial charge in [0.1, 0.15) is 17.3 Å². The molecule has 0 radical (unpaired) electrons. The fourth-order valence-electron chi connectivity index (χ4n) is 3.76. The molecule has 1 aliphatic rings. The average molecular weight is 395 g/mol. The number of carbonyl (C=O) groups excluding carboxylic acids is 1. The van der Waals surface area contributed by atoms with Gasteiger partial charge in [0.15, 0.2) is 0 Å². The van der Waals surface area contributed by atoms with Crippen molar-refractivity contribution in [2.24, 2.45) is 5.92 Å². The second kappa shape index (κ2) is 8.46. The van der Waals surface area contributed by atoms with E-state index in [-0.39, 0.29) is 17.5 Å². The number of pyridine rings is 1. The second-order valence-corrected chi connectivity index (χ2v) is 7.56. The molecule has 1 unspecified atom stereocenters. The number of carbonyl (C=O) groups is 1. The fourth-order valence-corrected chi connectivity index (χ4v) is 3.76. The highest BCUT2D eigenvalue weighted by Gasteiger charge is 2.22. The summed E-state index contributed by atoms with van der Waals surface area (Å²) in [6, 6.07) is 7.54. The van der Waals surface area contributed by atoms with E-state index in [9.17, 15) is 9.59 Å². The molecule has 8 heteroatoms. The SMILES string of the molecule is Cc1ccc(CNC(=O)CC2CCc3nn(Cc4cccnc4)c(=O)n3CC2)o1. The van der Waals surface area contributed by atoms with Crippen molar-refractivity contribution in [3.05, 3.63) is 70.1 Å².